The summed E-state index contributed by atoms with van der Waals surface area (Å²) in [5.41, 5.74) is 0.712. The van der Waals surface area contributed by atoms with E-state index in [0.29, 0.717) is 10.7 Å². The normalized spacial score (nSPS) is 9.85. The molecule has 0 fully saturated rings. The highest BCUT2D eigenvalue weighted by atomic mass is 79.9. The number of carbonyl (C=O) groups is 1. The summed E-state index contributed by atoms with van der Waals surface area (Å²) in [5.74, 6) is -0.0417. The molecule has 2 nitrogen and oxygen atoms in total. The first kappa shape index (κ1) is 10.5. The van der Waals surface area contributed by atoms with E-state index in [-0.39, 0.29) is 5.91 Å². The lowest BCUT2D eigenvalue weighted by Crippen LogP contribution is -2.23. The molecule has 1 aromatic rings. The first-order valence-electron chi connectivity index (χ1n) is 3.71. The molecule has 0 aliphatic carbocycles. The van der Waals surface area contributed by atoms with Crippen molar-refractivity contribution in [1.82, 2.24) is 0 Å². The fourth-order valence-electron chi connectivity index (χ4n) is 0.912. The highest BCUT2D eigenvalue weighted by Gasteiger charge is 2.09. The Hall–Kier alpha value is -0.540. The van der Waals surface area contributed by atoms with Gasteiger partial charge >= 0.3 is 0 Å². The molecule has 1 amide bonds. The van der Waals surface area contributed by atoms with E-state index in [2.05, 4.69) is 15.9 Å². The van der Waals surface area contributed by atoms with Gasteiger partial charge in [-0.15, -0.1) is 0 Å². The molecule has 0 saturated heterocycles. The Labute approximate surface area is 90.6 Å². The third kappa shape index (κ3) is 2.45. The van der Waals surface area contributed by atoms with E-state index in [9.17, 15) is 4.79 Å². The summed E-state index contributed by atoms with van der Waals surface area (Å²) in [6.45, 7) is 1.50. The van der Waals surface area contributed by atoms with Gasteiger partial charge in [0.2, 0.25) is 5.91 Å². The van der Waals surface area contributed by atoms with Crippen molar-refractivity contribution >= 4 is 39.1 Å². The van der Waals surface area contributed by atoms with Crippen LogP contribution in [0.2, 0.25) is 5.02 Å². The van der Waals surface area contributed by atoms with Crippen LogP contribution in [0.4, 0.5) is 5.69 Å². The van der Waals surface area contributed by atoms with E-state index >= 15 is 0 Å². The van der Waals surface area contributed by atoms with Crippen molar-refractivity contribution < 1.29 is 4.79 Å². The number of nitrogens with zero attached hydrogens (tertiary/aromatic N) is 1. The van der Waals surface area contributed by atoms with Crippen molar-refractivity contribution in [2.45, 2.75) is 6.92 Å². The van der Waals surface area contributed by atoms with Gasteiger partial charge in [-0.25, -0.2) is 0 Å². The van der Waals surface area contributed by atoms with Gasteiger partial charge in [0, 0.05) is 18.4 Å². The lowest BCUT2D eigenvalue weighted by molar-refractivity contribution is -0.116. The lowest BCUT2D eigenvalue weighted by atomic mass is 10.3. The summed E-state index contributed by atoms with van der Waals surface area (Å²) < 4.78 is 0.903. The molecule has 70 valence electrons. The zero-order valence-electron chi connectivity index (χ0n) is 7.34. The molecule has 0 aromatic heterocycles. The minimum Gasteiger partial charge on any atom is -0.314 e. The fourth-order valence-corrected chi connectivity index (χ4v) is 1.51. The summed E-state index contributed by atoms with van der Waals surface area (Å²) in [6, 6.07) is 5.39. The molecular weight excluding hydrogens is 253 g/mol. The van der Waals surface area contributed by atoms with Crippen LogP contribution in [0.5, 0.6) is 0 Å². The second-order valence-corrected chi connectivity index (χ2v) is 4.00. The van der Waals surface area contributed by atoms with Gasteiger partial charge in [0.25, 0.3) is 0 Å². The summed E-state index contributed by atoms with van der Waals surface area (Å²) in [5, 5.41) is 0.570. The predicted molar refractivity (Wildman–Crippen MR) is 58.2 cm³/mol. The average molecular weight is 263 g/mol. The Kier molecular flexibility index (Phi) is 3.33. The van der Waals surface area contributed by atoms with Crippen LogP contribution < -0.4 is 4.90 Å². The second kappa shape index (κ2) is 4.11. The summed E-state index contributed by atoms with van der Waals surface area (Å²) >= 11 is 9.24. The molecule has 0 unspecified atom stereocenters. The van der Waals surface area contributed by atoms with E-state index < -0.39 is 0 Å². The summed E-state index contributed by atoms with van der Waals surface area (Å²) in [7, 11) is 1.69. The van der Waals surface area contributed by atoms with Crippen LogP contribution in [0.25, 0.3) is 0 Å². The first-order valence-corrected chi connectivity index (χ1v) is 4.89. The third-order valence-corrected chi connectivity index (χ3v) is 2.55. The maximum Gasteiger partial charge on any atom is 0.223 e. The summed E-state index contributed by atoms with van der Waals surface area (Å²) in [4.78, 5) is 12.6. The smallest absolute Gasteiger partial charge is 0.223 e. The number of hydrogen-bond acceptors (Lipinski definition) is 1. The lowest BCUT2D eigenvalue weighted by Gasteiger charge is -2.16. The number of amides is 1. The molecule has 0 N–H and O–H groups in total. The number of anilines is 1. The molecule has 1 rings (SSSR count). The van der Waals surface area contributed by atoms with E-state index in [4.69, 9.17) is 11.6 Å². The minimum atomic E-state index is -0.0417. The molecule has 13 heavy (non-hydrogen) atoms. The highest BCUT2D eigenvalue weighted by molar-refractivity contribution is 9.10. The van der Waals surface area contributed by atoms with Gasteiger partial charge in [0.1, 0.15) is 0 Å². The van der Waals surface area contributed by atoms with Crippen LogP contribution in [0.15, 0.2) is 22.7 Å². The van der Waals surface area contributed by atoms with Crippen molar-refractivity contribution in [3.8, 4) is 0 Å². The molecular formula is C9H9BrClNO. The number of hydrogen-bond donors (Lipinski definition) is 0. The van der Waals surface area contributed by atoms with Gasteiger partial charge in [-0.1, -0.05) is 27.5 Å². The molecule has 1 aromatic carbocycles. The van der Waals surface area contributed by atoms with E-state index in [1.54, 1.807) is 13.1 Å². The monoisotopic (exact) mass is 261 g/mol. The van der Waals surface area contributed by atoms with Crippen molar-refractivity contribution in [2.24, 2.45) is 0 Å². The molecule has 4 heteroatoms. The van der Waals surface area contributed by atoms with Gasteiger partial charge in [-0.05, 0) is 18.2 Å². The predicted octanol–water partition coefficient (Wildman–Crippen LogP) is 3.09. The quantitative estimate of drug-likeness (QED) is 0.762. The molecule has 0 aliphatic heterocycles. The Bertz CT molecular complexity index is 340. The van der Waals surface area contributed by atoms with E-state index in [0.717, 1.165) is 4.47 Å². The van der Waals surface area contributed by atoms with Crippen LogP contribution in [-0.4, -0.2) is 13.0 Å². The molecule has 0 radical (unpaired) electrons. The number of carbonyl (C=O) groups excluding carboxylic acids is 1. The Morgan fingerprint density at radius 3 is 2.69 bits per heavy atom. The molecule has 0 atom stereocenters. The topological polar surface area (TPSA) is 20.3 Å². The van der Waals surface area contributed by atoms with Crippen molar-refractivity contribution in [1.29, 1.82) is 0 Å². The molecule has 0 heterocycles. The van der Waals surface area contributed by atoms with Crippen molar-refractivity contribution in [2.75, 3.05) is 11.9 Å². The Morgan fingerprint density at radius 2 is 2.15 bits per heavy atom. The standard InChI is InChI=1S/C9H9BrClNO/c1-6(13)12(2)9-5-7(10)3-4-8(9)11/h3-5H,1-2H3. The highest BCUT2D eigenvalue weighted by Crippen LogP contribution is 2.28. The molecule has 0 aliphatic rings. The van der Waals surface area contributed by atoms with Crippen LogP contribution in [0.3, 0.4) is 0 Å². The number of rotatable bonds is 1. The summed E-state index contributed by atoms with van der Waals surface area (Å²) in [6.07, 6.45) is 0. The van der Waals surface area contributed by atoms with Gasteiger partial charge in [-0.3, -0.25) is 4.79 Å². The molecule has 0 saturated carbocycles. The SMILES string of the molecule is CC(=O)N(C)c1cc(Br)ccc1Cl. The van der Waals surface area contributed by atoms with Crippen molar-refractivity contribution in [3.05, 3.63) is 27.7 Å². The van der Waals surface area contributed by atoms with Gasteiger partial charge in [0.15, 0.2) is 0 Å². The number of halogens is 2. The molecule has 0 bridgehead atoms. The average Bonchev–Trinajstić information content (AvgIpc) is 2.08. The first-order chi connectivity index (χ1) is 6.02. The Morgan fingerprint density at radius 1 is 1.54 bits per heavy atom. The second-order valence-electron chi connectivity index (χ2n) is 2.67. The largest absolute Gasteiger partial charge is 0.314 e. The maximum absolute atomic E-state index is 11.1. The van der Waals surface area contributed by atoms with Gasteiger partial charge in [-0.2, -0.15) is 0 Å². The van der Waals surface area contributed by atoms with Gasteiger partial charge in [0.05, 0.1) is 10.7 Å². The van der Waals surface area contributed by atoms with Crippen LogP contribution in [-0.2, 0) is 4.79 Å². The van der Waals surface area contributed by atoms with Crippen molar-refractivity contribution in [3.63, 3.8) is 0 Å². The minimum absolute atomic E-state index is 0.0417. The molecule has 0 spiro atoms. The maximum atomic E-state index is 11.1. The number of benzene rings is 1. The van der Waals surface area contributed by atoms with Gasteiger partial charge < -0.3 is 4.90 Å². The van der Waals surface area contributed by atoms with Crippen LogP contribution in [0, 0.1) is 0 Å². The zero-order chi connectivity index (χ0) is 10.0. The van der Waals surface area contributed by atoms with Crippen LogP contribution in [0.1, 0.15) is 6.92 Å². The zero-order valence-corrected chi connectivity index (χ0v) is 9.69. The third-order valence-electron chi connectivity index (χ3n) is 1.74. The van der Waals surface area contributed by atoms with E-state index in [1.807, 2.05) is 12.1 Å². The van der Waals surface area contributed by atoms with E-state index in [1.165, 1.54) is 11.8 Å². The Balaban J connectivity index is 3.12. The fraction of sp³-hybridized carbons (Fsp3) is 0.222. The van der Waals surface area contributed by atoms with Crippen LogP contribution >= 0.6 is 27.5 Å².